The molecule has 2 atom stereocenters. The van der Waals surface area contributed by atoms with Crippen LogP contribution in [0.25, 0.3) is 0 Å². The number of nitrogens with zero attached hydrogens (tertiary/aromatic N) is 2. The zero-order valence-electron chi connectivity index (χ0n) is 24.8. The highest BCUT2D eigenvalue weighted by Crippen LogP contribution is 2.40. The second kappa shape index (κ2) is 13.2. The van der Waals surface area contributed by atoms with Crippen LogP contribution in [0.5, 0.6) is 0 Å². The molecule has 4 heterocycles. The number of amides is 2. The van der Waals surface area contributed by atoms with Crippen molar-refractivity contribution < 1.29 is 9.59 Å². The van der Waals surface area contributed by atoms with Gasteiger partial charge in [0.05, 0.1) is 12.1 Å². The van der Waals surface area contributed by atoms with E-state index in [1.54, 1.807) is 0 Å². The van der Waals surface area contributed by atoms with E-state index in [1.165, 1.54) is 33.4 Å². The van der Waals surface area contributed by atoms with Gasteiger partial charge in [0.1, 0.15) is 0 Å². The summed E-state index contributed by atoms with van der Waals surface area (Å²) in [5, 5.41) is 6.82. The van der Waals surface area contributed by atoms with Crippen molar-refractivity contribution in [1.82, 2.24) is 20.4 Å². The number of nitrogens with one attached hydrogen (secondary N) is 2. The zero-order chi connectivity index (χ0) is 27.1. The molecule has 0 bridgehead atoms. The molecule has 2 N–H and O–H groups in total. The molecule has 2 saturated heterocycles. The lowest BCUT2D eigenvalue weighted by atomic mass is 9.89. The molecule has 2 fully saturated rings. The van der Waals surface area contributed by atoms with Crippen LogP contribution in [0, 0.1) is 0 Å². The molecule has 0 aliphatic carbocycles. The van der Waals surface area contributed by atoms with E-state index in [1.807, 2.05) is 9.80 Å². The highest BCUT2D eigenvalue weighted by atomic mass is 35.5. The summed E-state index contributed by atoms with van der Waals surface area (Å²) in [5.74, 6) is 1.29. The SMILES string of the molecule is CCc1cc(C(C)C)c2c(c1)[C@@H]1CNCCN1C2=O.CCc1cc(C(C)C)c2c(c1)[C@H]1CNCCN1C2=O.Cl.Cl. The van der Waals surface area contributed by atoms with Crippen molar-refractivity contribution in [2.75, 3.05) is 39.3 Å². The lowest BCUT2D eigenvalue weighted by Crippen LogP contribution is -2.44. The van der Waals surface area contributed by atoms with Gasteiger partial charge in [-0.25, -0.2) is 0 Å². The quantitative estimate of drug-likeness (QED) is 0.474. The van der Waals surface area contributed by atoms with E-state index in [4.69, 9.17) is 0 Å². The van der Waals surface area contributed by atoms with Crippen molar-refractivity contribution in [3.05, 3.63) is 68.8 Å². The molecule has 0 unspecified atom stereocenters. The van der Waals surface area contributed by atoms with Crippen molar-refractivity contribution >= 4 is 36.6 Å². The van der Waals surface area contributed by atoms with Crippen LogP contribution in [0.3, 0.4) is 0 Å². The highest BCUT2D eigenvalue weighted by molar-refractivity contribution is 6.01. The fourth-order valence-electron chi connectivity index (χ4n) is 6.58. The summed E-state index contributed by atoms with van der Waals surface area (Å²) in [6.45, 7) is 18.3. The van der Waals surface area contributed by atoms with Gasteiger partial charge in [0.15, 0.2) is 0 Å². The molecule has 0 saturated carbocycles. The molecule has 6 nitrogen and oxygen atoms in total. The molecule has 2 aromatic carbocycles. The number of hydrogen-bond acceptors (Lipinski definition) is 4. The molecule has 0 spiro atoms. The predicted octanol–water partition coefficient (Wildman–Crippen LogP) is 5.79. The fraction of sp³-hybridized carbons (Fsp3) is 0.562. The molecule has 8 heteroatoms. The smallest absolute Gasteiger partial charge is 0.255 e. The van der Waals surface area contributed by atoms with Gasteiger partial charge in [0.2, 0.25) is 0 Å². The Bertz CT molecular complexity index is 1150. The highest BCUT2D eigenvalue weighted by Gasteiger charge is 2.41. The van der Waals surface area contributed by atoms with Crippen LogP contribution >= 0.6 is 24.8 Å². The molecule has 2 amide bonds. The lowest BCUT2D eigenvalue weighted by molar-refractivity contribution is 0.0682. The zero-order valence-corrected chi connectivity index (χ0v) is 26.4. The first-order valence-corrected chi connectivity index (χ1v) is 14.6. The standard InChI is InChI=1S/2C16H22N2O.2ClH/c2*1-4-11-7-12(10(2)3)15-13(8-11)14-9-17-5-6-18(14)16(15)19;;/h2*7-8,10,14,17H,4-6,9H2,1-3H3;2*1H/t2*14-;;/m10../s1. The molecule has 4 aliphatic rings. The molecule has 4 aliphatic heterocycles. The second-order valence-electron chi connectivity index (χ2n) is 11.8. The monoisotopic (exact) mass is 588 g/mol. The van der Waals surface area contributed by atoms with Crippen LogP contribution in [0.2, 0.25) is 0 Å². The van der Waals surface area contributed by atoms with Crippen molar-refractivity contribution in [3.63, 3.8) is 0 Å². The van der Waals surface area contributed by atoms with Gasteiger partial charge in [-0.15, -0.1) is 24.8 Å². The normalized spacial score (nSPS) is 20.7. The minimum absolute atomic E-state index is 0. The summed E-state index contributed by atoms with van der Waals surface area (Å²) in [6.07, 6.45) is 2.06. The van der Waals surface area contributed by atoms with Crippen molar-refractivity contribution in [2.24, 2.45) is 0 Å². The second-order valence-corrected chi connectivity index (χ2v) is 11.8. The van der Waals surface area contributed by atoms with Crippen LogP contribution in [0.15, 0.2) is 24.3 Å². The van der Waals surface area contributed by atoms with Gasteiger partial charge in [-0.3, -0.25) is 9.59 Å². The Morgan fingerprint density at radius 1 is 0.700 bits per heavy atom. The van der Waals surface area contributed by atoms with E-state index < -0.39 is 0 Å². The van der Waals surface area contributed by atoms with Gasteiger partial charge < -0.3 is 20.4 Å². The average Bonchev–Trinajstić information content (AvgIpc) is 3.39. The maximum absolute atomic E-state index is 12.7. The number of benzene rings is 2. The van der Waals surface area contributed by atoms with Gasteiger partial charge in [-0.2, -0.15) is 0 Å². The molecule has 2 aromatic rings. The molecule has 40 heavy (non-hydrogen) atoms. The van der Waals surface area contributed by atoms with Gasteiger partial charge >= 0.3 is 0 Å². The van der Waals surface area contributed by atoms with Crippen LogP contribution in [-0.2, 0) is 12.8 Å². The Labute approximate surface area is 252 Å². The van der Waals surface area contributed by atoms with Crippen molar-refractivity contribution in [2.45, 2.75) is 78.3 Å². The number of carbonyl (C=O) groups is 2. The number of hydrogen-bond donors (Lipinski definition) is 2. The molecule has 220 valence electrons. The van der Waals surface area contributed by atoms with Gasteiger partial charge in [-0.05, 0) is 58.1 Å². The van der Waals surface area contributed by atoms with E-state index in [0.717, 1.165) is 63.2 Å². The molecular weight excluding hydrogens is 543 g/mol. The number of fused-ring (bicyclic) bond motifs is 6. The first-order valence-electron chi connectivity index (χ1n) is 14.6. The van der Waals surface area contributed by atoms with E-state index in [9.17, 15) is 9.59 Å². The Kier molecular flexibility index (Phi) is 10.7. The predicted molar refractivity (Wildman–Crippen MR) is 168 cm³/mol. The number of aryl methyl sites for hydroxylation is 2. The van der Waals surface area contributed by atoms with Crippen LogP contribution in [0.4, 0.5) is 0 Å². The minimum atomic E-state index is 0. The fourth-order valence-corrected chi connectivity index (χ4v) is 6.58. The number of piperazine rings is 2. The Hall–Kier alpha value is -2.12. The van der Waals surface area contributed by atoms with E-state index in [-0.39, 0.29) is 48.7 Å². The third kappa shape index (κ3) is 5.65. The molecular formula is C32H46Cl2N4O2. The first kappa shape index (κ1) is 32.4. The maximum atomic E-state index is 12.7. The molecule has 0 radical (unpaired) electrons. The lowest BCUT2D eigenvalue weighted by Gasteiger charge is -2.30. The van der Waals surface area contributed by atoms with Crippen molar-refractivity contribution in [3.8, 4) is 0 Å². The summed E-state index contributed by atoms with van der Waals surface area (Å²) in [5.41, 5.74) is 9.63. The van der Waals surface area contributed by atoms with Gasteiger partial charge in [0, 0.05) is 50.4 Å². The van der Waals surface area contributed by atoms with E-state index in [0.29, 0.717) is 11.8 Å². The summed E-state index contributed by atoms with van der Waals surface area (Å²) >= 11 is 0. The van der Waals surface area contributed by atoms with Gasteiger partial charge in [-0.1, -0.05) is 65.8 Å². The van der Waals surface area contributed by atoms with Gasteiger partial charge in [0.25, 0.3) is 11.8 Å². The summed E-state index contributed by atoms with van der Waals surface area (Å²) in [4.78, 5) is 29.4. The molecule has 0 aromatic heterocycles. The summed E-state index contributed by atoms with van der Waals surface area (Å²) in [7, 11) is 0. The maximum Gasteiger partial charge on any atom is 0.255 e. The number of carbonyl (C=O) groups excluding carboxylic acids is 2. The van der Waals surface area contributed by atoms with Crippen LogP contribution in [-0.4, -0.2) is 60.9 Å². The van der Waals surface area contributed by atoms with Crippen molar-refractivity contribution in [1.29, 1.82) is 0 Å². The van der Waals surface area contributed by atoms with E-state index >= 15 is 0 Å². The summed E-state index contributed by atoms with van der Waals surface area (Å²) < 4.78 is 0. The van der Waals surface area contributed by atoms with Crippen LogP contribution in [0.1, 0.15) is 120 Å². The number of rotatable bonds is 4. The minimum Gasteiger partial charge on any atom is -0.329 e. The first-order chi connectivity index (χ1) is 18.3. The van der Waals surface area contributed by atoms with Crippen LogP contribution < -0.4 is 10.6 Å². The Balaban J connectivity index is 0.000000210. The third-order valence-corrected chi connectivity index (χ3v) is 8.73. The Morgan fingerprint density at radius 3 is 1.40 bits per heavy atom. The summed E-state index contributed by atoms with van der Waals surface area (Å²) in [6, 6.07) is 9.45. The topological polar surface area (TPSA) is 64.7 Å². The molecule has 6 rings (SSSR count). The third-order valence-electron chi connectivity index (χ3n) is 8.73. The average molecular weight is 590 g/mol. The largest absolute Gasteiger partial charge is 0.329 e. The van der Waals surface area contributed by atoms with E-state index in [2.05, 4.69) is 76.4 Å². The Morgan fingerprint density at radius 2 is 1.07 bits per heavy atom. The number of halogens is 2.